The highest BCUT2D eigenvalue weighted by atomic mass is 32.1. The van der Waals surface area contributed by atoms with Gasteiger partial charge in [-0.2, -0.15) is 0 Å². The molecule has 1 heterocycles. The molecular weight excluding hydrogens is 144 g/mol. The highest BCUT2D eigenvalue weighted by Crippen LogP contribution is 2.30. The summed E-state index contributed by atoms with van der Waals surface area (Å²) in [6.45, 7) is 5.31. The lowest BCUT2D eigenvalue weighted by molar-refractivity contribution is 1.52. The summed E-state index contributed by atoms with van der Waals surface area (Å²) in [4.78, 5) is 7.88. The third-order valence-electron chi connectivity index (χ3n) is 1.06. The van der Waals surface area contributed by atoms with Crippen molar-refractivity contribution in [3.05, 3.63) is 10.8 Å². The molecule has 3 heteroatoms. The van der Waals surface area contributed by atoms with Gasteiger partial charge >= 0.3 is 0 Å². The van der Waals surface area contributed by atoms with Gasteiger partial charge in [-0.25, -0.2) is 0 Å². The summed E-state index contributed by atoms with van der Waals surface area (Å²) in [7, 11) is 0. The van der Waals surface area contributed by atoms with E-state index in [4.69, 9.17) is 0 Å². The number of hydrogen-bond acceptors (Lipinski definition) is 3. The molecule has 0 radical (unpaired) electrons. The van der Waals surface area contributed by atoms with Crippen LogP contribution in [0.5, 0.6) is 0 Å². The number of nitrogens with zero attached hydrogens (tertiary/aromatic N) is 2. The summed E-state index contributed by atoms with van der Waals surface area (Å²) in [5, 5.41) is 3.87. The highest BCUT2D eigenvalue weighted by molar-refractivity contribution is 7.08. The van der Waals surface area contributed by atoms with Crippen molar-refractivity contribution in [2.24, 2.45) is 9.98 Å². The van der Waals surface area contributed by atoms with Gasteiger partial charge in [0.1, 0.15) is 0 Å². The first-order valence-corrected chi connectivity index (χ1v) is 3.84. The van der Waals surface area contributed by atoms with Gasteiger partial charge in [0.25, 0.3) is 0 Å². The first-order chi connectivity index (χ1) is 4.88. The summed E-state index contributed by atoms with van der Waals surface area (Å²) in [5.41, 5.74) is 1.77. The Hall–Kier alpha value is -0.960. The number of rotatable bonds is 2. The molecule has 0 N–H and O–H groups in total. The van der Waals surface area contributed by atoms with Gasteiger partial charge in [0.05, 0.1) is 11.4 Å². The van der Waals surface area contributed by atoms with Crippen LogP contribution in [0.2, 0.25) is 0 Å². The van der Waals surface area contributed by atoms with Crippen LogP contribution in [0, 0.1) is 0 Å². The minimum Gasteiger partial charge on any atom is -0.262 e. The zero-order valence-corrected chi connectivity index (χ0v) is 6.56. The predicted molar refractivity (Wildman–Crippen MR) is 47.4 cm³/mol. The maximum atomic E-state index is 4.09. The van der Waals surface area contributed by atoms with E-state index in [9.17, 15) is 0 Å². The first kappa shape index (κ1) is 7.15. The van der Waals surface area contributed by atoms with E-state index < -0.39 is 0 Å². The minimum atomic E-state index is 0.864. The second kappa shape index (κ2) is 3.27. The Bertz CT molecular complexity index is 250. The lowest BCUT2D eigenvalue weighted by Gasteiger charge is -1.86. The third kappa shape index (κ3) is 1.30. The van der Waals surface area contributed by atoms with Gasteiger partial charge in [0.2, 0.25) is 0 Å². The van der Waals surface area contributed by atoms with Crippen LogP contribution in [0.25, 0.3) is 0 Å². The molecule has 0 aliphatic heterocycles. The van der Waals surface area contributed by atoms with Crippen LogP contribution in [0.1, 0.15) is 6.92 Å². The van der Waals surface area contributed by atoms with Gasteiger partial charge in [-0.3, -0.25) is 9.98 Å². The number of hydrogen-bond donors (Lipinski definition) is 0. The average Bonchev–Trinajstić information content (AvgIpc) is 2.36. The average molecular weight is 152 g/mol. The standard InChI is InChI=1S/C7H8N2S/c1-3-9-7-5-10-4-6(7)8-2/h3-5H,2H2,1H3. The molecule has 10 heavy (non-hydrogen) atoms. The lowest BCUT2D eigenvalue weighted by atomic mass is 10.4. The Morgan fingerprint density at radius 3 is 2.80 bits per heavy atom. The zero-order chi connectivity index (χ0) is 7.40. The quantitative estimate of drug-likeness (QED) is 0.582. The normalized spacial score (nSPS) is 10.5. The smallest absolute Gasteiger partial charge is 0.0988 e. The second-order valence-electron chi connectivity index (χ2n) is 1.69. The molecule has 0 saturated carbocycles. The molecule has 0 aliphatic rings. The first-order valence-electron chi connectivity index (χ1n) is 2.90. The fourth-order valence-electron chi connectivity index (χ4n) is 0.638. The van der Waals surface area contributed by atoms with Crippen LogP contribution in [-0.2, 0) is 0 Å². The molecule has 0 bridgehead atoms. The van der Waals surface area contributed by atoms with Crippen LogP contribution in [0.3, 0.4) is 0 Å². The zero-order valence-electron chi connectivity index (χ0n) is 5.74. The van der Waals surface area contributed by atoms with Crippen molar-refractivity contribution in [1.82, 2.24) is 0 Å². The van der Waals surface area contributed by atoms with Gasteiger partial charge < -0.3 is 0 Å². The third-order valence-corrected chi connectivity index (χ3v) is 1.78. The van der Waals surface area contributed by atoms with Crippen molar-refractivity contribution >= 4 is 35.6 Å². The second-order valence-corrected chi connectivity index (χ2v) is 2.43. The summed E-state index contributed by atoms with van der Waals surface area (Å²) >= 11 is 1.58. The highest BCUT2D eigenvalue weighted by Gasteiger charge is 1.96. The molecule has 0 fully saturated rings. The van der Waals surface area contributed by atoms with Gasteiger partial charge in [-0.15, -0.1) is 11.3 Å². The fourth-order valence-corrected chi connectivity index (χ4v) is 1.34. The number of aliphatic imine (C=N–C) groups is 2. The maximum absolute atomic E-state index is 4.09. The van der Waals surface area contributed by atoms with Crippen LogP contribution >= 0.6 is 11.3 Å². The van der Waals surface area contributed by atoms with E-state index in [1.807, 2.05) is 17.7 Å². The van der Waals surface area contributed by atoms with E-state index in [2.05, 4.69) is 16.7 Å². The summed E-state index contributed by atoms with van der Waals surface area (Å²) < 4.78 is 0. The molecule has 0 saturated heterocycles. The lowest BCUT2D eigenvalue weighted by Crippen LogP contribution is -1.58. The minimum absolute atomic E-state index is 0.864. The van der Waals surface area contributed by atoms with Crippen molar-refractivity contribution in [1.29, 1.82) is 0 Å². The van der Waals surface area contributed by atoms with Gasteiger partial charge in [-0.1, -0.05) is 0 Å². The Labute approximate surface area is 64.0 Å². The van der Waals surface area contributed by atoms with Gasteiger partial charge in [0, 0.05) is 17.0 Å². The molecule has 0 aliphatic carbocycles. The van der Waals surface area contributed by atoms with Gasteiger partial charge in [-0.05, 0) is 13.6 Å². The molecule has 0 unspecified atom stereocenters. The van der Waals surface area contributed by atoms with E-state index >= 15 is 0 Å². The Balaban J connectivity index is 3.00. The van der Waals surface area contributed by atoms with E-state index in [-0.39, 0.29) is 0 Å². The molecule has 52 valence electrons. The van der Waals surface area contributed by atoms with Crippen molar-refractivity contribution in [3.63, 3.8) is 0 Å². The van der Waals surface area contributed by atoms with Crippen molar-refractivity contribution in [2.45, 2.75) is 6.92 Å². The van der Waals surface area contributed by atoms with E-state index in [0.717, 1.165) is 11.4 Å². The molecule has 1 aromatic heterocycles. The fraction of sp³-hybridized carbons (Fsp3) is 0.143. The Morgan fingerprint density at radius 2 is 2.20 bits per heavy atom. The maximum Gasteiger partial charge on any atom is 0.0988 e. The van der Waals surface area contributed by atoms with Crippen molar-refractivity contribution < 1.29 is 0 Å². The molecule has 0 amide bonds. The van der Waals surface area contributed by atoms with E-state index in [1.165, 1.54) is 0 Å². The van der Waals surface area contributed by atoms with Gasteiger partial charge in [0.15, 0.2) is 0 Å². The largest absolute Gasteiger partial charge is 0.262 e. The Morgan fingerprint density at radius 1 is 1.50 bits per heavy atom. The van der Waals surface area contributed by atoms with Crippen molar-refractivity contribution in [2.75, 3.05) is 0 Å². The van der Waals surface area contributed by atoms with Crippen LogP contribution in [0.15, 0.2) is 20.7 Å². The van der Waals surface area contributed by atoms with E-state index in [1.54, 1.807) is 17.6 Å². The molecule has 2 nitrogen and oxygen atoms in total. The SMILES string of the molecule is C=Nc1cscc1N=CC. The molecular formula is C7H8N2S. The monoisotopic (exact) mass is 152 g/mol. The Kier molecular flexibility index (Phi) is 2.34. The predicted octanol–water partition coefficient (Wildman–Crippen LogP) is 2.80. The van der Waals surface area contributed by atoms with E-state index in [0.29, 0.717) is 0 Å². The molecule has 0 spiro atoms. The summed E-state index contributed by atoms with van der Waals surface area (Å²) in [6, 6.07) is 0. The van der Waals surface area contributed by atoms with Crippen LogP contribution in [0.4, 0.5) is 11.4 Å². The molecule has 0 aromatic carbocycles. The van der Waals surface area contributed by atoms with Crippen LogP contribution < -0.4 is 0 Å². The molecule has 0 atom stereocenters. The molecule has 1 aromatic rings. The summed E-state index contributed by atoms with van der Waals surface area (Å²) in [5.74, 6) is 0. The topological polar surface area (TPSA) is 24.7 Å². The molecule has 1 rings (SSSR count). The van der Waals surface area contributed by atoms with Crippen LogP contribution in [-0.4, -0.2) is 12.9 Å². The van der Waals surface area contributed by atoms with Crippen molar-refractivity contribution in [3.8, 4) is 0 Å². The number of thiophene rings is 1. The summed E-state index contributed by atoms with van der Waals surface area (Å²) in [6.07, 6.45) is 1.75.